The summed E-state index contributed by atoms with van der Waals surface area (Å²) in [5, 5.41) is 21.7. The average molecular weight is 382 g/mol. The Morgan fingerprint density at radius 3 is 2.50 bits per heavy atom. The molecule has 1 heterocycles. The first kappa shape index (κ1) is 19.0. The second kappa shape index (κ2) is 7.83. The third kappa shape index (κ3) is 3.66. The van der Waals surface area contributed by atoms with E-state index >= 15 is 0 Å². The third-order valence-corrected chi connectivity index (χ3v) is 4.26. The highest BCUT2D eigenvalue weighted by Crippen LogP contribution is 2.29. The van der Waals surface area contributed by atoms with E-state index in [1.807, 2.05) is 30.3 Å². The summed E-state index contributed by atoms with van der Waals surface area (Å²) in [5.74, 6) is -2.24. The highest BCUT2D eigenvalue weighted by Gasteiger charge is 2.23. The van der Waals surface area contributed by atoms with Crippen LogP contribution in [0.4, 0.5) is 0 Å². The van der Waals surface area contributed by atoms with Crippen molar-refractivity contribution in [3.8, 4) is 11.5 Å². The molecule has 2 aromatic carbocycles. The smallest absolute Gasteiger partial charge is 0.322 e. The maximum absolute atomic E-state index is 13.0. The minimum absolute atomic E-state index is 0.156. The lowest BCUT2D eigenvalue weighted by atomic mass is 10.1. The first-order valence-corrected chi connectivity index (χ1v) is 8.39. The molecule has 0 saturated heterocycles. The summed E-state index contributed by atoms with van der Waals surface area (Å²) in [7, 11) is 1.48. The lowest BCUT2D eigenvalue weighted by Gasteiger charge is -2.16. The molecule has 0 radical (unpaired) electrons. The Balaban J connectivity index is 2.23. The second-order valence-electron chi connectivity index (χ2n) is 6.06. The molecular weight excluding hydrogens is 364 g/mol. The normalized spacial score (nSPS) is 10.6. The summed E-state index contributed by atoms with van der Waals surface area (Å²) >= 11 is 0. The Kier molecular flexibility index (Phi) is 5.30. The van der Waals surface area contributed by atoms with Crippen LogP contribution in [-0.4, -0.2) is 40.3 Å². The zero-order valence-corrected chi connectivity index (χ0v) is 15.0. The maximum atomic E-state index is 13.0. The summed E-state index contributed by atoms with van der Waals surface area (Å²) in [6, 6.07) is 13.9. The van der Waals surface area contributed by atoms with Gasteiger partial charge in [0.2, 0.25) is 0 Å². The quantitative estimate of drug-likeness (QED) is 0.596. The van der Waals surface area contributed by atoms with Gasteiger partial charge in [0.1, 0.15) is 23.6 Å². The molecule has 0 atom stereocenters. The second-order valence-corrected chi connectivity index (χ2v) is 6.06. The molecule has 0 aliphatic carbocycles. The largest absolute Gasteiger partial charge is 0.506 e. The van der Waals surface area contributed by atoms with Gasteiger partial charge in [-0.25, -0.2) is 0 Å². The van der Waals surface area contributed by atoms with Crippen molar-refractivity contribution in [1.82, 2.24) is 9.88 Å². The van der Waals surface area contributed by atoms with Crippen LogP contribution < -0.4 is 15.6 Å². The highest BCUT2D eigenvalue weighted by molar-refractivity contribution is 6.03. The number of carboxylic acid groups (broad SMARTS) is 1. The number of pyridine rings is 1. The molecular formula is C20H18N2O6. The third-order valence-electron chi connectivity index (χ3n) is 4.26. The van der Waals surface area contributed by atoms with Crippen molar-refractivity contribution < 1.29 is 24.5 Å². The van der Waals surface area contributed by atoms with Crippen molar-refractivity contribution in [3.05, 3.63) is 70.0 Å². The zero-order valence-electron chi connectivity index (χ0n) is 15.0. The fraction of sp³-hybridized carbons (Fsp3) is 0.150. The molecule has 8 nitrogen and oxygen atoms in total. The molecule has 0 aliphatic heterocycles. The molecule has 1 amide bonds. The predicted octanol–water partition coefficient (Wildman–Crippen LogP) is 1.58. The van der Waals surface area contributed by atoms with Gasteiger partial charge in [-0.2, -0.15) is 0 Å². The maximum Gasteiger partial charge on any atom is 0.322 e. The standard InChI is InChI=1S/C20H18N2O6/c1-28-13-7-8-14-15(9-13)22(11-12-5-3-2-4-6-12)20(27)17(18(14)25)19(26)21-10-16(23)24/h2-9,25H,10-11H2,1H3,(H,21,26)(H,23,24). The highest BCUT2D eigenvalue weighted by atomic mass is 16.5. The number of fused-ring (bicyclic) bond motifs is 1. The van der Waals surface area contributed by atoms with E-state index in [1.54, 1.807) is 18.2 Å². The van der Waals surface area contributed by atoms with E-state index in [0.717, 1.165) is 5.56 Å². The van der Waals surface area contributed by atoms with E-state index in [0.29, 0.717) is 11.3 Å². The van der Waals surface area contributed by atoms with Crippen molar-refractivity contribution in [3.63, 3.8) is 0 Å². The molecule has 3 rings (SSSR count). The number of carbonyl (C=O) groups is 2. The molecule has 0 fully saturated rings. The Morgan fingerprint density at radius 2 is 1.86 bits per heavy atom. The number of aliphatic carboxylic acids is 1. The average Bonchev–Trinajstić information content (AvgIpc) is 2.70. The number of benzene rings is 2. The molecule has 1 aromatic heterocycles. The number of ether oxygens (including phenoxy) is 1. The van der Waals surface area contributed by atoms with Gasteiger partial charge in [-0.1, -0.05) is 30.3 Å². The van der Waals surface area contributed by atoms with Crippen molar-refractivity contribution in [2.24, 2.45) is 0 Å². The molecule has 8 heteroatoms. The van der Waals surface area contributed by atoms with E-state index in [-0.39, 0.29) is 11.9 Å². The van der Waals surface area contributed by atoms with Crippen LogP contribution in [0.25, 0.3) is 10.9 Å². The topological polar surface area (TPSA) is 118 Å². The van der Waals surface area contributed by atoms with Crippen LogP contribution in [-0.2, 0) is 11.3 Å². The number of rotatable bonds is 6. The van der Waals surface area contributed by atoms with Gasteiger partial charge in [0, 0.05) is 11.5 Å². The number of hydrogen-bond acceptors (Lipinski definition) is 5. The lowest BCUT2D eigenvalue weighted by molar-refractivity contribution is -0.135. The van der Waals surface area contributed by atoms with Crippen LogP contribution in [0.1, 0.15) is 15.9 Å². The van der Waals surface area contributed by atoms with Crippen LogP contribution in [0.15, 0.2) is 53.3 Å². The van der Waals surface area contributed by atoms with E-state index in [4.69, 9.17) is 9.84 Å². The molecule has 0 saturated carbocycles. The monoisotopic (exact) mass is 382 g/mol. The molecule has 144 valence electrons. The SMILES string of the molecule is COc1ccc2c(O)c(C(=O)NCC(=O)O)c(=O)n(Cc3ccccc3)c2c1. The molecule has 0 bridgehead atoms. The number of hydrogen-bond donors (Lipinski definition) is 3. The Labute approximate surface area is 159 Å². The van der Waals surface area contributed by atoms with Crippen LogP contribution >= 0.6 is 0 Å². The minimum atomic E-state index is -1.26. The summed E-state index contributed by atoms with van der Waals surface area (Å²) in [5.41, 5.74) is -0.0309. The van der Waals surface area contributed by atoms with Crippen molar-refractivity contribution in [2.75, 3.05) is 13.7 Å². The van der Waals surface area contributed by atoms with Gasteiger partial charge in [-0.15, -0.1) is 0 Å². The van der Waals surface area contributed by atoms with Crippen LogP contribution in [0, 0.1) is 0 Å². The molecule has 0 aliphatic rings. The van der Waals surface area contributed by atoms with Crippen molar-refractivity contribution in [2.45, 2.75) is 6.54 Å². The zero-order chi connectivity index (χ0) is 20.3. The molecule has 28 heavy (non-hydrogen) atoms. The summed E-state index contributed by atoms with van der Waals surface area (Å²) in [4.78, 5) is 36.2. The Hall–Kier alpha value is -3.81. The fourth-order valence-electron chi connectivity index (χ4n) is 2.91. The Bertz CT molecular complexity index is 1110. The molecule has 0 unspecified atom stereocenters. The van der Waals surface area contributed by atoms with Crippen molar-refractivity contribution in [1.29, 1.82) is 0 Å². The summed E-state index contributed by atoms with van der Waals surface area (Å²) in [6.45, 7) is -0.514. The van der Waals surface area contributed by atoms with Gasteiger partial charge in [-0.05, 0) is 17.7 Å². The lowest BCUT2D eigenvalue weighted by Crippen LogP contribution is -2.36. The van der Waals surface area contributed by atoms with E-state index in [2.05, 4.69) is 5.32 Å². The number of aromatic hydroxyl groups is 1. The van der Waals surface area contributed by atoms with Crippen LogP contribution in [0.5, 0.6) is 11.5 Å². The molecule has 3 N–H and O–H groups in total. The van der Waals surface area contributed by atoms with Gasteiger partial charge in [0.25, 0.3) is 11.5 Å². The molecule has 3 aromatic rings. The number of methoxy groups -OCH3 is 1. The first-order chi connectivity index (χ1) is 13.4. The number of nitrogens with zero attached hydrogens (tertiary/aromatic N) is 1. The minimum Gasteiger partial charge on any atom is -0.506 e. The number of carbonyl (C=O) groups excluding carboxylic acids is 1. The number of amides is 1. The van der Waals surface area contributed by atoms with Crippen molar-refractivity contribution >= 4 is 22.8 Å². The Morgan fingerprint density at radius 1 is 1.14 bits per heavy atom. The van der Waals surface area contributed by atoms with Gasteiger partial charge < -0.3 is 24.8 Å². The fourth-order valence-corrected chi connectivity index (χ4v) is 2.91. The van der Waals surface area contributed by atoms with Gasteiger partial charge in [0.05, 0.1) is 19.2 Å². The van der Waals surface area contributed by atoms with E-state index in [1.165, 1.54) is 11.7 Å². The number of carboxylic acids is 1. The van der Waals surface area contributed by atoms with Gasteiger partial charge in [-0.3, -0.25) is 14.4 Å². The van der Waals surface area contributed by atoms with Gasteiger partial charge in [0.15, 0.2) is 0 Å². The predicted molar refractivity (Wildman–Crippen MR) is 102 cm³/mol. The van der Waals surface area contributed by atoms with Crippen LogP contribution in [0.2, 0.25) is 0 Å². The van der Waals surface area contributed by atoms with Crippen LogP contribution in [0.3, 0.4) is 0 Å². The van der Waals surface area contributed by atoms with E-state index < -0.39 is 35.3 Å². The number of nitrogens with one attached hydrogen (secondary N) is 1. The summed E-state index contributed by atoms with van der Waals surface area (Å²) < 4.78 is 6.56. The van der Waals surface area contributed by atoms with E-state index in [9.17, 15) is 19.5 Å². The molecule has 0 spiro atoms. The van der Waals surface area contributed by atoms with Gasteiger partial charge >= 0.3 is 5.97 Å². The summed E-state index contributed by atoms with van der Waals surface area (Å²) in [6.07, 6.45) is 0. The number of aromatic nitrogens is 1. The first-order valence-electron chi connectivity index (χ1n) is 8.39.